The zero-order chi connectivity index (χ0) is 15.1. The fourth-order valence-electron chi connectivity index (χ4n) is 4.12. The lowest BCUT2D eigenvalue weighted by Gasteiger charge is -2.16. The van der Waals surface area contributed by atoms with Gasteiger partial charge in [-0.3, -0.25) is 0 Å². The van der Waals surface area contributed by atoms with Gasteiger partial charge in [-0.25, -0.2) is 0 Å². The van der Waals surface area contributed by atoms with Crippen LogP contribution in [-0.2, 0) is 0 Å². The molecule has 0 N–H and O–H groups in total. The van der Waals surface area contributed by atoms with Crippen LogP contribution in [0.5, 0.6) is 0 Å². The van der Waals surface area contributed by atoms with Gasteiger partial charge in [-0.2, -0.15) is 0 Å². The van der Waals surface area contributed by atoms with Gasteiger partial charge in [0.1, 0.15) is 0 Å². The van der Waals surface area contributed by atoms with Gasteiger partial charge < -0.3 is 0 Å². The molecule has 0 amide bonds. The molecule has 2 saturated carbocycles. The van der Waals surface area contributed by atoms with Crippen LogP contribution in [0.15, 0.2) is 90.5 Å². The lowest BCUT2D eigenvalue weighted by molar-refractivity contribution is 0.658. The van der Waals surface area contributed by atoms with Gasteiger partial charge in [0.05, 0.1) is 0 Å². The van der Waals surface area contributed by atoms with E-state index in [0.717, 1.165) is 0 Å². The molecule has 4 rings (SSSR count). The molecular formula is C22H20. The molecule has 0 saturated heterocycles. The number of allylic oxidation sites excluding steroid dienone is 3. The topological polar surface area (TPSA) is 0 Å². The van der Waals surface area contributed by atoms with E-state index in [1.54, 1.807) is 5.57 Å². The monoisotopic (exact) mass is 284 g/mol. The minimum atomic E-state index is 0.493. The van der Waals surface area contributed by atoms with Crippen LogP contribution < -0.4 is 0 Å². The van der Waals surface area contributed by atoms with Gasteiger partial charge in [-0.15, -0.1) is 0 Å². The minimum absolute atomic E-state index is 0.493. The highest BCUT2D eigenvalue weighted by Crippen LogP contribution is 2.57. The van der Waals surface area contributed by atoms with Crippen LogP contribution in [0.1, 0.15) is 24.0 Å². The third kappa shape index (κ3) is 1.91. The molecule has 2 aliphatic carbocycles. The van der Waals surface area contributed by atoms with E-state index in [1.165, 1.54) is 40.7 Å². The van der Waals surface area contributed by atoms with Crippen molar-refractivity contribution in [2.45, 2.75) is 12.8 Å². The van der Waals surface area contributed by atoms with Crippen molar-refractivity contribution < 1.29 is 0 Å². The lowest BCUT2D eigenvalue weighted by atomic mass is 9.88. The van der Waals surface area contributed by atoms with E-state index >= 15 is 0 Å². The molecule has 2 aliphatic rings. The third-order valence-corrected chi connectivity index (χ3v) is 5.16. The maximum atomic E-state index is 4.30. The highest BCUT2D eigenvalue weighted by atomic mass is 14.5. The molecule has 2 atom stereocenters. The normalized spacial score (nSPS) is 23.2. The zero-order valence-corrected chi connectivity index (χ0v) is 12.8. The summed E-state index contributed by atoms with van der Waals surface area (Å²) in [7, 11) is 0. The predicted molar refractivity (Wildman–Crippen MR) is 93.4 cm³/mol. The molecule has 2 aromatic rings. The Morgan fingerprint density at radius 2 is 1.09 bits per heavy atom. The molecule has 0 unspecified atom stereocenters. The SMILES string of the molecule is C=C1C(=C)[C@@H]2CC[C@H]1C2=C(c1ccccc1)c1ccccc1. The van der Waals surface area contributed by atoms with Gasteiger partial charge in [0.25, 0.3) is 0 Å². The Morgan fingerprint density at radius 3 is 1.50 bits per heavy atom. The van der Waals surface area contributed by atoms with Gasteiger partial charge >= 0.3 is 0 Å². The van der Waals surface area contributed by atoms with Crippen molar-refractivity contribution in [1.29, 1.82) is 0 Å². The Morgan fingerprint density at radius 1 is 0.682 bits per heavy atom. The summed E-state index contributed by atoms with van der Waals surface area (Å²) < 4.78 is 0. The first-order valence-electron chi connectivity index (χ1n) is 8.00. The summed E-state index contributed by atoms with van der Waals surface area (Å²) in [6.45, 7) is 8.61. The molecule has 22 heavy (non-hydrogen) atoms. The van der Waals surface area contributed by atoms with Crippen LogP contribution in [0.3, 0.4) is 0 Å². The smallest absolute Gasteiger partial charge is 0.00609 e. The average molecular weight is 284 g/mol. The Balaban J connectivity index is 1.99. The Labute approximate surface area is 132 Å². The summed E-state index contributed by atoms with van der Waals surface area (Å²) in [6.07, 6.45) is 2.45. The van der Waals surface area contributed by atoms with Crippen LogP contribution >= 0.6 is 0 Å². The highest BCUT2D eigenvalue weighted by Gasteiger charge is 2.43. The maximum Gasteiger partial charge on any atom is 0.00609 e. The van der Waals surface area contributed by atoms with Crippen molar-refractivity contribution in [3.8, 4) is 0 Å². The first-order valence-corrected chi connectivity index (χ1v) is 8.00. The van der Waals surface area contributed by atoms with Crippen molar-refractivity contribution in [2.75, 3.05) is 0 Å². The lowest BCUT2D eigenvalue weighted by Crippen LogP contribution is -1.99. The molecule has 2 fully saturated rings. The zero-order valence-electron chi connectivity index (χ0n) is 12.8. The quantitative estimate of drug-likeness (QED) is 0.669. The largest absolute Gasteiger partial charge is 0.0949 e. The van der Waals surface area contributed by atoms with E-state index in [1.807, 2.05) is 0 Å². The molecule has 0 aliphatic heterocycles. The van der Waals surface area contributed by atoms with Gasteiger partial charge in [0.15, 0.2) is 0 Å². The van der Waals surface area contributed by atoms with Gasteiger partial charge in [0, 0.05) is 11.8 Å². The molecule has 0 radical (unpaired) electrons. The van der Waals surface area contributed by atoms with Crippen molar-refractivity contribution in [2.24, 2.45) is 11.8 Å². The van der Waals surface area contributed by atoms with Crippen molar-refractivity contribution >= 4 is 5.57 Å². The van der Waals surface area contributed by atoms with E-state index in [9.17, 15) is 0 Å². The van der Waals surface area contributed by atoms with Crippen LogP contribution in [0.2, 0.25) is 0 Å². The predicted octanol–water partition coefficient (Wildman–Crippen LogP) is 5.64. The summed E-state index contributed by atoms with van der Waals surface area (Å²) in [5.74, 6) is 0.987. The molecule has 2 bridgehead atoms. The molecule has 0 nitrogen and oxygen atoms in total. The highest BCUT2D eigenvalue weighted by molar-refractivity contribution is 5.85. The second-order valence-electron chi connectivity index (χ2n) is 6.30. The fourth-order valence-corrected chi connectivity index (χ4v) is 4.12. The van der Waals surface area contributed by atoms with Crippen molar-refractivity contribution in [3.05, 3.63) is 102 Å². The molecule has 108 valence electrons. The standard InChI is InChI=1S/C22H20/c1-15-16(2)20-14-13-19(15)22(20)21(17-9-5-3-6-10-17)18-11-7-4-8-12-18/h3-12,19-20H,1-2,13-14H2/t19-,20+. The average Bonchev–Trinajstić information content (AvgIpc) is 3.08. The number of hydrogen-bond donors (Lipinski definition) is 0. The maximum absolute atomic E-state index is 4.30. The van der Waals surface area contributed by atoms with E-state index in [-0.39, 0.29) is 0 Å². The van der Waals surface area contributed by atoms with Crippen LogP contribution in [0.25, 0.3) is 5.57 Å². The van der Waals surface area contributed by atoms with E-state index in [0.29, 0.717) is 11.8 Å². The van der Waals surface area contributed by atoms with Gasteiger partial charge in [-0.05, 0) is 46.3 Å². The summed E-state index contributed by atoms with van der Waals surface area (Å²) in [5, 5.41) is 0. The summed E-state index contributed by atoms with van der Waals surface area (Å²) in [5.41, 5.74) is 8.08. The van der Waals surface area contributed by atoms with E-state index in [4.69, 9.17) is 0 Å². The number of benzene rings is 2. The first-order chi connectivity index (χ1) is 10.8. The second kappa shape index (κ2) is 5.14. The van der Waals surface area contributed by atoms with E-state index < -0.39 is 0 Å². The molecular weight excluding hydrogens is 264 g/mol. The number of hydrogen-bond acceptors (Lipinski definition) is 0. The molecule has 0 heterocycles. The van der Waals surface area contributed by atoms with Gasteiger partial charge in [0.2, 0.25) is 0 Å². The summed E-state index contributed by atoms with van der Waals surface area (Å²) in [6, 6.07) is 21.5. The fraction of sp³-hybridized carbons (Fsp3) is 0.182. The Kier molecular flexibility index (Phi) is 3.11. The molecule has 0 aromatic heterocycles. The van der Waals surface area contributed by atoms with Crippen molar-refractivity contribution in [1.82, 2.24) is 0 Å². The van der Waals surface area contributed by atoms with Crippen LogP contribution in [0.4, 0.5) is 0 Å². The summed E-state index contributed by atoms with van der Waals surface area (Å²) in [4.78, 5) is 0. The van der Waals surface area contributed by atoms with E-state index in [2.05, 4.69) is 73.8 Å². The first kappa shape index (κ1) is 13.3. The van der Waals surface area contributed by atoms with Crippen LogP contribution in [-0.4, -0.2) is 0 Å². The third-order valence-electron chi connectivity index (χ3n) is 5.16. The number of fused-ring (bicyclic) bond motifs is 2. The van der Waals surface area contributed by atoms with Gasteiger partial charge in [-0.1, -0.05) is 73.8 Å². The molecule has 0 heteroatoms. The Hall–Kier alpha value is -2.34. The number of rotatable bonds is 2. The molecule has 2 aromatic carbocycles. The van der Waals surface area contributed by atoms with Crippen molar-refractivity contribution in [3.63, 3.8) is 0 Å². The summed E-state index contributed by atoms with van der Waals surface area (Å²) >= 11 is 0. The minimum Gasteiger partial charge on any atom is -0.0949 e. The van der Waals surface area contributed by atoms with Crippen LogP contribution in [0, 0.1) is 11.8 Å². The second-order valence-corrected chi connectivity index (χ2v) is 6.30. The Bertz CT molecular complexity index is 697. The molecule has 0 spiro atoms.